The summed E-state index contributed by atoms with van der Waals surface area (Å²) in [4.78, 5) is 4.84. The third kappa shape index (κ3) is 2.75. The predicted molar refractivity (Wildman–Crippen MR) is 128 cm³/mol. The quantitative estimate of drug-likeness (QED) is 0.275. The SMILES string of the molecule is CC(C)(C)c1cc(-c2nccc3c2sc2c(P)cccc23)cc2ccccc12. The monoisotopic (exact) mass is 399 g/mol. The normalized spacial score (nSPS) is 12.3. The molecule has 2 aromatic heterocycles. The van der Waals surface area contributed by atoms with Crippen molar-refractivity contribution >= 4 is 56.8 Å². The van der Waals surface area contributed by atoms with Crippen molar-refractivity contribution in [1.29, 1.82) is 0 Å². The summed E-state index contributed by atoms with van der Waals surface area (Å²) in [5.41, 5.74) is 3.72. The molecular weight excluding hydrogens is 377 g/mol. The first-order valence-corrected chi connectivity index (χ1v) is 10.9. The molecule has 1 nitrogen and oxygen atoms in total. The minimum atomic E-state index is 0.0664. The van der Waals surface area contributed by atoms with Gasteiger partial charge in [-0.25, -0.2) is 0 Å². The molecule has 0 aliphatic heterocycles. The Hall–Kier alpha value is -2.28. The van der Waals surface area contributed by atoms with Crippen LogP contribution >= 0.6 is 20.6 Å². The molecule has 0 aliphatic rings. The van der Waals surface area contributed by atoms with Gasteiger partial charge < -0.3 is 0 Å². The fourth-order valence-electron chi connectivity index (χ4n) is 4.02. The Morgan fingerprint density at radius 1 is 0.821 bits per heavy atom. The largest absolute Gasteiger partial charge is 0.255 e. The molecule has 0 fully saturated rings. The third-order valence-electron chi connectivity index (χ3n) is 5.39. The summed E-state index contributed by atoms with van der Waals surface area (Å²) < 4.78 is 2.59. The lowest BCUT2D eigenvalue weighted by molar-refractivity contribution is 0.596. The standard InChI is InChI=1S/C25H22NPS/c1-25(2,3)20-14-16(13-15-7-4-5-8-17(15)20)22-24-19(11-12-26-22)18-9-6-10-21(27)23(18)28-24/h4-14H,27H2,1-3H3. The number of fused-ring (bicyclic) bond motifs is 4. The Balaban J connectivity index is 1.87. The fraction of sp³-hybridized carbons (Fsp3) is 0.160. The summed E-state index contributed by atoms with van der Waals surface area (Å²) in [5, 5.41) is 6.46. The highest BCUT2D eigenvalue weighted by Gasteiger charge is 2.20. The van der Waals surface area contributed by atoms with Crippen LogP contribution < -0.4 is 5.30 Å². The van der Waals surface area contributed by atoms with Gasteiger partial charge in [0, 0.05) is 27.2 Å². The maximum atomic E-state index is 4.84. The molecule has 0 aliphatic carbocycles. The molecule has 28 heavy (non-hydrogen) atoms. The maximum Gasteiger partial charge on any atom is 0.0880 e. The van der Waals surface area contributed by atoms with Crippen LogP contribution in [0.2, 0.25) is 0 Å². The fourth-order valence-corrected chi connectivity index (χ4v) is 5.70. The molecule has 0 amide bonds. The molecule has 0 N–H and O–H groups in total. The Kier molecular flexibility index (Phi) is 4.05. The number of rotatable bonds is 1. The molecule has 1 atom stereocenters. The van der Waals surface area contributed by atoms with Crippen LogP contribution in [0, 0.1) is 0 Å². The van der Waals surface area contributed by atoms with Crippen LogP contribution in [0.15, 0.2) is 66.9 Å². The number of hydrogen-bond donors (Lipinski definition) is 0. The second kappa shape index (κ2) is 6.37. The molecule has 0 saturated heterocycles. The van der Waals surface area contributed by atoms with Crippen LogP contribution in [0.5, 0.6) is 0 Å². The van der Waals surface area contributed by atoms with Crippen molar-refractivity contribution < 1.29 is 0 Å². The van der Waals surface area contributed by atoms with Gasteiger partial charge in [0.1, 0.15) is 0 Å². The molecule has 0 bridgehead atoms. The topological polar surface area (TPSA) is 12.9 Å². The molecular formula is C25H22NPS. The summed E-state index contributed by atoms with van der Waals surface area (Å²) in [6.45, 7) is 6.85. The molecule has 5 aromatic rings. The first-order chi connectivity index (χ1) is 13.4. The number of nitrogens with zero attached hydrogens (tertiary/aromatic N) is 1. The minimum absolute atomic E-state index is 0.0664. The second-order valence-corrected chi connectivity index (χ2v) is 10.00. The van der Waals surface area contributed by atoms with Gasteiger partial charge in [0.05, 0.1) is 10.4 Å². The van der Waals surface area contributed by atoms with Crippen molar-refractivity contribution in [1.82, 2.24) is 4.98 Å². The van der Waals surface area contributed by atoms with Gasteiger partial charge in [-0.3, -0.25) is 4.98 Å². The van der Waals surface area contributed by atoms with E-state index in [-0.39, 0.29) is 5.41 Å². The van der Waals surface area contributed by atoms with Gasteiger partial charge in [-0.05, 0) is 45.3 Å². The van der Waals surface area contributed by atoms with E-state index >= 15 is 0 Å². The summed E-state index contributed by atoms with van der Waals surface area (Å²) >= 11 is 1.85. The number of pyridine rings is 1. The van der Waals surface area contributed by atoms with Crippen molar-refractivity contribution in [2.75, 3.05) is 0 Å². The van der Waals surface area contributed by atoms with E-state index in [1.807, 2.05) is 17.5 Å². The second-order valence-electron chi connectivity index (χ2n) is 8.36. The molecule has 3 heteroatoms. The van der Waals surface area contributed by atoms with Crippen LogP contribution in [-0.2, 0) is 5.41 Å². The first-order valence-electron chi connectivity index (χ1n) is 9.53. The van der Waals surface area contributed by atoms with E-state index in [4.69, 9.17) is 4.98 Å². The summed E-state index contributed by atoms with van der Waals surface area (Å²) in [6, 6.07) is 22.0. The molecule has 0 radical (unpaired) electrons. The van der Waals surface area contributed by atoms with Gasteiger partial charge >= 0.3 is 0 Å². The van der Waals surface area contributed by atoms with E-state index < -0.39 is 0 Å². The van der Waals surface area contributed by atoms with Gasteiger partial charge in [0.2, 0.25) is 0 Å². The summed E-state index contributed by atoms with van der Waals surface area (Å²) in [6.07, 6.45) is 1.95. The zero-order chi connectivity index (χ0) is 19.5. The van der Waals surface area contributed by atoms with Crippen LogP contribution in [0.1, 0.15) is 26.3 Å². The number of hydrogen-bond acceptors (Lipinski definition) is 2. The molecule has 0 spiro atoms. The van der Waals surface area contributed by atoms with E-state index in [9.17, 15) is 0 Å². The van der Waals surface area contributed by atoms with Crippen LogP contribution in [0.25, 0.3) is 42.2 Å². The number of thiophene rings is 1. The predicted octanol–water partition coefficient (Wildman–Crippen LogP) is 7.07. The van der Waals surface area contributed by atoms with Crippen molar-refractivity contribution in [3.8, 4) is 11.3 Å². The van der Waals surface area contributed by atoms with E-state index in [2.05, 4.69) is 90.7 Å². The van der Waals surface area contributed by atoms with Crippen molar-refractivity contribution in [2.24, 2.45) is 0 Å². The number of benzene rings is 3. The van der Waals surface area contributed by atoms with Crippen LogP contribution in [0.4, 0.5) is 0 Å². The average molecular weight is 399 g/mol. The first kappa shape index (κ1) is 17.8. The highest BCUT2D eigenvalue weighted by atomic mass is 32.1. The molecule has 1 unspecified atom stereocenters. The minimum Gasteiger partial charge on any atom is -0.255 e. The van der Waals surface area contributed by atoms with Gasteiger partial charge in [-0.1, -0.05) is 63.2 Å². The number of aromatic nitrogens is 1. The average Bonchev–Trinajstić information content (AvgIpc) is 3.07. The van der Waals surface area contributed by atoms with Crippen molar-refractivity contribution in [3.63, 3.8) is 0 Å². The van der Waals surface area contributed by atoms with E-state index in [0.717, 1.165) is 5.69 Å². The van der Waals surface area contributed by atoms with E-state index in [0.29, 0.717) is 0 Å². The zero-order valence-corrected chi connectivity index (χ0v) is 18.3. The summed E-state index contributed by atoms with van der Waals surface area (Å²) in [5.74, 6) is 0. The molecule has 138 valence electrons. The molecule has 2 heterocycles. The van der Waals surface area contributed by atoms with Gasteiger partial charge in [-0.2, -0.15) is 0 Å². The zero-order valence-electron chi connectivity index (χ0n) is 16.3. The highest BCUT2D eigenvalue weighted by Crippen LogP contribution is 2.41. The van der Waals surface area contributed by atoms with Crippen LogP contribution in [0.3, 0.4) is 0 Å². The Morgan fingerprint density at radius 3 is 2.39 bits per heavy atom. The lowest BCUT2D eigenvalue weighted by atomic mass is 9.82. The smallest absolute Gasteiger partial charge is 0.0880 e. The lowest BCUT2D eigenvalue weighted by Gasteiger charge is -2.22. The van der Waals surface area contributed by atoms with Gasteiger partial charge in [0.15, 0.2) is 0 Å². The maximum absolute atomic E-state index is 4.84. The summed E-state index contributed by atoms with van der Waals surface area (Å²) in [7, 11) is 2.87. The Morgan fingerprint density at radius 2 is 1.57 bits per heavy atom. The van der Waals surface area contributed by atoms with Gasteiger partial charge in [0.25, 0.3) is 0 Å². The van der Waals surface area contributed by atoms with E-state index in [1.165, 1.54) is 47.4 Å². The lowest BCUT2D eigenvalue weighted by Crippen LogP contribution is -2.12. The van der Waals surface area contributed by atoms with E-state index in [1.54, 1.807) is 0 Å². The highest BCUT2D eigenvalue weighted by molar-refractivity contribution is 7.34. The Bertz CT molecular complexity index is 1360. The van der Waals surface area contributed by atoms with Gasteiger partial charge in [-0.15, -0.1) is 20.6 Å². The third-order valence-corrected chi connectivity index (χ3v) is 7.36. The van der Waals surface area contributed by atoms with Crippen LogP contribution in [-0.4, -0.2) is 4.98 Å². The Labute approximate surface area is 171 Å². The molecule has 3 aromatic carbocycles. The molecule has 0 saturated carbocycles. The molecule has 5 rings (SSSR count). The van der Waals surface area contributed by atoms with Crippen molar-refractivity contribution in [2.45, 2.75) is 26.2 Å². The van der Waals surface area contributed by atoms with Crippen molar-refractivity contribution in [3.05, 3.63) is 72.4 Å².